The number of nitrogens with one attached hydrogen (secondary N) is 1. The monoisotopic (exact) mass is 293 g/mol. The molecule has 0 saturated carbocycles. The Kier molecular flexibility index (Phi) is 4.52. The Morgan fingerprint density at radius 2 is 2.14 bits per heavy atom. The van der Waals surface area contributed by atoms with Gasteiger partial charge in [0.25, 0.3) is 0 Å². The standard InChI is InChI=1S/C14H19N3O4/c1-20-11-6-8-4-3-5-9(16-17-14(15)19)7-10(8)12(18)13(11)21-2/h6,18H,3-5,7H2,1-2H3,(H3,15,17,19)/b16-9-. The van der Waals surface area contributed by atoms with Crippen LogP contribution in [-0.2, 0) is 12.8 Å². The van der Waals surface area contributed by atoms with Gasteiger partial charge in [-0.15, -0.1) is 0 Å². The fourth-order valence-corrected chi connectivity index (χ4v) is 2.49. The van der Waals surface area contributed by atoms with Crippen LogP contribution in [0.4, 0.5) is 4.79 Å². The van der Waals surface area contributed by atoms with Crippen LogP contribution in [0.2, 0.25) is 0 Å². The topological polar surface area (TPSA) is 106 Å². The van der Waals surface area contributed by atoms with Gasteiger partial charge in [0.15, 0.2) is 11.5 Å². The van der Waals surface area contributed by atoms with Gasteiger partial charge in [-0.2, -0.15) is 5.10 Å². The summed E-state index contributed by atoms with van der Waals surface area (Å²) in [6.45, 7) is 0. The summed E-state index contributed by atoms with van der Waals surface area (Å²) in [5.41, 5.74) is 9.75. The first-order chi connectivity index (χ1) is 10.1. The first kappa shape index (κ1) is 15.0. The molecule has 1 aliphatic carbocycles. The minimum absolute atomic E-state index is 0.0560. The van der Waals surface area contributed by atoms with Crippen LogP contribution in [0.15, 0.2) is 11.2 Å². The number of nitrogens with zero attached hydrogens (tertiary/aromatic N) is 1. The first-order valence-corrected chi connectivity index (χ1v) is 6.63. The maximum Gasteiger partial charge on any atom is 0.332 e. The summed E-state index contributed by atoms with van der Waals surface area (Å²) in [5.74, 6) is 0.866. The van der Waals surface area contributed by atoms with Crippen molar-refractivity contribution in [3.05, 3.63) is 17.2 Å². The summed E-state index contributed by atoms with van der Waals surface area (Å²) >= 11 is 0. The van der Waals surface area contributed by atoms with Gasteiger partial charge in [0.2, 0.25) is 5.75 Å². The molecule has 7 nitrogen and oxygen atoms in total. The molecule has 1 aromatic carbocycles. The van der Waals surface area contributed by atoms with Crippen molar-refractivity contribution in [1.29, 1.82) is 0 Å². The maximum atomic E-state index is 10.7. The zero-order valence-corrected chi connectivity index (χ0v) is 12.1. The van der Waals surface area contributed by atoms with Gasteiger partial charge in [0.1, 0.15) is 0 Å². The number of methoxy groups -OCH3 is 2. The average molecular weight is 293 g/mol. The number of phenolic OH excluding ortho intramolecular Hbond substituents is 1. The second kappa shape index (κ2) is 6.34. The van der Waals surface area contributed by atoms with Crippen LogP contribution < -0.4 is 20.6 Å². The van der Waals surface area contributed by atoms with Gasteiger partial charge in [0.05, 0.1) is 14.2 Å². The van der Waals surface area contributed by atoms with Crippen molar-refractivity contribution >= 4 is 11.7 Å². The Morgan fingerprint density at radius 1 is 1.38 bits per heavy atom. The maximum absolute atomic E-state index is 10.7. The molecular weight excluding hydrogens is 274 g/mol. The molecule has 2 rings (SSSR count). The molecule has 2 amide bonds. The summed E-state index contributed by atoms with van der Waals surface area (Å²) in [5, 5.41) is 14.4. The summed E-state index contributed by atoms with van der Waals surface area (Å²) < 4.78 is 10.4. The number of aryl methyl sites for hydroxylation is 1. The number of hydrogen-bond acceptors (Lipinski definition) is 5. The van der Waals surface area contributed by atoms with Crippen LogP contribution in [0.5, 0.6) is 17.2 Å². The van der Waals surface area contributed by atoms with Gasteiger partial charge in [-0.25, -0.2) is 10.2 Å². The molecule has 0 aliphatic heterocycles. The molecule has 7 heteroatoms. The molecule has 21 heavy (non-hydrogen) atoms. The Balaban J connectivity index is 2.41. The molecule has 0 spiro atoms. The molecular formula is C14H19N3O4. The Hall–Kier alpha value is -2.44. The number of ether oxygens (including phenoxy) is 2. The largest absolute Gasteiger partial charge is 0.504 e. The molecule has 1 aromatic rings. The molecule has 0 bridgehead atoms. The number of nitrogens with two attached hydrogens (primary N) is 1. The summed E-state index contributed by atoms with van der Waals surface area (Å²) in [7, 11) is 3.01. The molecule has 0 heterocycles. The lowest BCUT2D eigenvalue weighted by atomic mass is 10.00. The number of aromatic hydroxyl groups is 1. The fourth-order valence-electron chi connectivity index (χ4n) is 2.49. The number of hydrogen-bond donors (Lipinski definition) is 3. The number of primary amides is 1. The smallest absolute Gasteiger partial charge is 0.332 e. The number of carbonyl (C=O) groups excluding carboxylic acids is 1. The van der Waals surface area contributed by atoms with Crippen molar-refractivity contribution in [3.63, 3.8) is 0 Å². The highest BCUT2D eigenvalue weighted by molar-refractivity contribution is 5.89. The van der Waals surface area contributed by atoms with Crippen molar-refractivity contribution in [3.8, 4) is 17.2 Å². The van der Waals surface area contributed by atoms with Crippen LogP contribution in [0.25, 0.3) is 0 Å². The lowest BCUT2D eigenvalue weighted by Gasteiger charge is -2.15. The summed E-state index contributed by atoms with van der Waals surface area (Å²) in [6, 6.07) is 1.17. The number of carbonyl (C=O) groups is 1. The van der Waals surface area contributed by atoms with Gasteiger partial charge in [-0.1, -0.05) is 0 Å². The second-order valence-corrected chi connectivity index (χ2v) is 4.78. The number of phenols is 1. The average Bonchev–Trinajstić information content (AvgIpc) is 2.67. The van der Waals surface area contributed by atoms with Gasteiger partial charge in [-0.3, -0.25) is 0 Å². The lowest BCUT2D eigenvalue weighted by Crippen LogP contribution is -2.26. The van der Waals surface area contributed by atoms with E-state index in [1.165, 1.54) is 14.2 Å². The van der Waals surface area contributed by atoms with Crippen LogP contribution in [-0.4, -0.2) is 31.1 Å². The zero-order valence-electron chi connectivity index (χ0n) is 12.1. The van der Waals surface area contributed by atoms with E-state index in [0.29, 0.717) is 17.9 Å². The molecule has 0 saturated heterocycles. The Labute approximate surface area is 122 Å². The molecule has 0 radical (unpaired) electrons. The molecule has 1 aliphatic rings. The predicted molar refractivity (Wildman–Crippen MR) is 78.0 cm³/mol. The normalized spacial score (nSPS) is 16.0. The predicted octanol–water partition coefficient (Wildman–Crippen LogP) is 1.31. The highest BCUT2D eigenvalue weighted by atomic mass is 16.5. The van der Waals surface area contributed by atoms with E-state index in [1.807, 2.05) is 6.07 Å². The third-order valence-corrected chi connectivity index (χ3v) is 3.46. The summed E-state index contributed by atoms with van der Waals surface area (Å²) in [6.07, 6.45) is 2.81. The van der Waals surface area contributed by atoms with Crippen LogP contribution >= 0.6 is 0 Å². The Morgan fingerprint density at radius 3 is 2.76 bits per heavy atom. The third-order valence-electron chi connectivity index (χ3n) is 3.46. The molecule has 114 valence electrons. The highest BCUT2D eigenvalue weighted by Crippen LogP contribution is 2.42. The van der Waals surface area contributed by atoms with Crippen LogP contribution in [0, 0.1) is 0 Å². The molecule has 0 aromatic heterocycles. The van der Waals surface area contributed by atoms with E-state index in [9.17, 15) is 9.90 Å². The molecule has 0 fully saturated rings. The fraction of sp³-hybridized carbons (Fsp3) is 0.429. The van der Waals surface area contributed by atoms with E-state index in [4.69, 9.17) is 15.2 Å². The van der Waals surface area contributed by atoms with Crippen molar-refractivity contribution in [2.75, 3.05) is 14.2 Å². The highest BCUT2D eigenvalue weighted by Gasteiger charge is 2.22. The molecule has 0 unspecified atom stereocenters. The van der Waals surface area contributed by atoms with E-state index in [2.05, 4.69) is 10.5 Å². The van der Waals surface area contributed by atoms with Crippen molar-refractivity contribution < 1.29 is 19.4 Å². The number of benzene rings is 1. The van der Waals surface area contributed by atoms with E-state index >= 15 is 0 Å². The quantitative estimate of drug-likeness (QED) is 0.577. The van der Waals surface area contributed by atoms with Crippen LogP contribution in [0.3, 0.4) is 0 Å². The minimum atomic E-state index is -0.705. The third kappa shape index (κ3) is 3.18. The van der Waals surface area contributed by atoms with E-state index in [0.717, 1.165) is 36.1 Å². The first-order valence-electron chi connectivity index (χ1n) is 6.63. The van der Waals surface area contributed by atoms with E-state index in [-0.39, 0.29) is 5.75 Å². The van der Waals surface area contributed by atoms with Gasteiger partial charge < -0.3 is 20.3 Å². The van der Waals surface area contributed by atoms with Gasteiger partial charge in [-0.05, 0) is 30.9 Å². The number of rotatable bonds is 3. The second-order valence-electron chi connectivity index (χ2n) is 4.78. The number of hydrazone groups is 1. The van der Waals surface area contributed by atoms with Crippen LogP contribution in [0.1, 0.15) is 24.0 Å². The molecule has 0 atom stereocenters. The zero-order chi connectivity index (χ0) is 15.4. The van der Waals surface area contributed by atoms with E-state index in [1.54, 1.807) is 0 Å². The van der Waals surface area contributed by atoms with Crippen molar-refractivity contribution in [2.24, 2.45) is 10.8 Å². The lowest BCUT2D eigenvalue weighted by molar-refractivity contribution is 0.249. The minimum Gasteiger partial charge on any atom is -0.504 e. The van der Waals surface area contributed by atoms with Gasteiger partial charge in [0, 0.05) is 17.7 Å². The number of fused-ring (bicyclic) bond motifs is 1. The van der Waals surface area contributed by atoms with Crippen molar-refractivity contribution in [1.82, 2.24) is 5.43 Å². The molecule has 4 N–H and O–H groups in total. The van der Waals surface area contributed by atoms with Crippen molar-refractivity contribution in [2.45, 2.75) is 25.7 Å². The summed E-state index contributed by atoms with van der Waals surface area (Å²) in [4.78, 5) is 10.7. The number of urea groups is 1. The van der Waals surface area contributed by atoms with E-state index < -0.39 is 6.03 Å². The Bertz CT molecular complexity index is 584. The number of amides is 2. The van der Waals surface area contributed by atoms with Gasteiger partial charge >= 0.3 is 6.03 Å². The SMILES string of the molecule is COc1cc2c(c(O)c1OC)C/C(=N\NC(N)=O)CCC2.